The lowest BCUT2D eigenvalue weighted by Crippen LogP contribution is -2.49. The summed E-state index contributed by atoms with van der Waals surface area (Å²) in [7, 11) is 1.63. The minimum atomic E-state index is -0.0484. The largest absolute Gasteiger partial charge is 0.494 e. The molecule has 2 atom stereocenters. The van der Waals surface area contributed by atoms with Crippen molar-refractivity contribution in [3.63, 3.8) is 0 Å². The van der Waals surface area contributed by atoms with Crippen molar-refractivity contribution in [2.24, 2.45) is 11.7 Å². The number of nitrogens with two attached hydrogens (primary N) is 1. The number of rotatable bonds is 4. The fourth-order valence-electron chi connectivity index (χ4n) is 3.44. The number of amides is 1. The van der Waals surface area contributed by atoms with Crippen LogP contribution in [0.2, 0.25) is 0 Å². The normalized spacial score (nSPS) is 20.6. The first kappa shape index (κ1) is 17.5. The summed E-state index contributed by atoms with van der Waals surface area (Å²) in [4.78, 5) is 14.8. The molecular formula is C19H26N4O2. The Morgan fingerprint density at radius 2 is 2.20 bits per heavy atom. The topological polar surface area (TPSA) is 73.4 Å². The SMILES string of the molecule is COc1ccc(C)cc1-n1ccc(C(=O)N2CCC(C)CC2CN)n1. The number of methoxy groups -OCH3 is 1. The summed E-state index contributed by atoms with van der Waals surface area (Å²) in [5.41, 5.74) is 8.26. The maximum Gasteiger partial charge on any atom is 0.274 e. The average molecular weight is 342 g/mol. The molecule has 2 unspecified atom stereocenters. The summed E-state index contributed by atoms with van der Waals surface area (Å²) in [6.07, 6.45) is 3.76. The summed E-state index contributed by atoms with van der Waals surface area (Å²) in [6, 6.07) is 7.74. The fraction of sp³-hybridized carbons (Fsp3) is 0.474. The van der Waals surface area contributed by atoms with Gasteiger partial charge in [0.1, 0.15) is 11.4 Å². The van der Waals surface area contributed by atoms with Crippen LogP contribution in [-0.2, 0) is 0 Å². The number of nitrogens with zero attached hydrogens (tertiary/aromatic N) is 3. The van der Waals surface area contributed by atoms with Crippen LogP contribution < -0.4 is 10.5 Å². The molecule has 134 valence electrons. The number of carbonyl (C=O) groups is 1. The third kappa shape index (κ3) is 3.54. The van der Waals surface area contributed by atoms with E-state index in [2.05, 4.69) is 12.0 Å². The highest BCUT2D eigenvalue weighted by Gasteiger charge is 2.30. The highest BCUT2D eigenvalue weighted by Crippen LogP contribution is 2.25. The van der Waals surface area contributed by atoms with Gasteiger partial charge >= 0.3 is 0 Å². The van der Waals surface area contributed by atoms with Gasteiger partial charge in [0, 0.05) is 25.3 Å². The molecule has 6 nitrogen and oxygen atoms in total. The van der Waals surface area contributed by atoms with E-state index in [9.17, 15) is 4.79 Å². The first-order chi connectivity index (χ1) is 12.0. The van der Waals surface area contributed by atoms with Crippen LogP contribution in [-0.4, -0.2) is 46.8 Å². The number of aromatic nitrogens is 2. The molecule has 1 aliphatic rings. The first-order valence-electron chi connectivity index (χ1n) is 8.75. The second-order valence-electron chi connectivity index (χ2n) is 6.84. The van der Waals surface area contributed by atoms with Crippen LogP contribution in [0.15, 0.2) is 30.5 Å². The fourth-order valence-corrected chi connectivity index (χ4v) is 3.44. The summed E-state index contributed by atoms with van der Waals surface area (Å²) in [6.45, 7) is 5.45. The predicted octanol–water partition coefficient (Wildman–Crippen LogP) is 2.39. The molecule has 2 heterocycles. The van der Waals surface area contributed by atoms with E-state index in [1.807, 2.05) is 30.0 Å². The molecule has 1 aromatic carbocycles. The van der Waals surface area contributed by atoms with Crippen molar-refractivity contribution in [3.05, 3.63) is 41.7 Å². The quantitative estimate of drug-likeness (QED) is 0.926. The van der Waals surface area contributed by atoms with Crippen molar-refractivity contribution in [2.75, 3.05) is 20.2 Å². The number of hydrogen-bond donors (Lipinski definition) is 1. The highest BCUT2D eigenvalue weighted by molar-refractivity contribution is 5.92. The third-order valence-electron chi connectivity index (χ3n) is 4.90. The lowest BCUT2D eigenvalue weighted by molar-refractivity contribution is 0.0567. The number of benzene rings is 1. The molecule has 0 radical (unpaired) electrons. The van der Waals surface area contributed by atoms with Gasteiger partial charge in [-0.05, 0) is 49.4 Å². The Kier molecular flexibility index (Phi) is 5.08. The van der Waals surface area contributed by atoms with Gasteiger partial charge in [-0.3, -0.25) is 4.79 Å². The number of hydrogen-bond acceptors (Lipinski definition) is 4. The number of likely N-dealkylation sites (tertiary alicyclic amines) is 1. The van der Waals surface area contributed by atoms with E-state index in [0.717, 1.165) is 36.4 Å². The number of carbonyl (C=O) groups excluding carboxylic acids is 1. The molecule has 3 rings (SSSR count). The zero-order valence-corrected chi connectivity index (χ0v) is 15.1. The lowest BCUT2D eigenvalue weighted by Gasteiger charge is -2.37. The number of piperidine rings is 1. The first-order valence-corrected chi connectivity index (χ1v) is 8.75. The lowest BCUT2D eigenvalue weighted by atomic mass is 9.92. The van der Waals surface area contributed by atoms with Gasteiger partial charge in [0.25, 0.3) is 5.91 Å². The van der Waals surface area contributed by atoms with E-state index in [-0.39, 0.29) is 11.9 Å². The molecule has 25 heavy (non-hydrogen) atoms. The monoisotopic (exact) mass is 342 g/mol. The van der Waals surface area contributed by atoms with Crippen LogP contribution in [0.4, 0.5) is 0 Å². The molecule has 1 saturated heterocycles. The number of aryl methyl sites for hydroxylation is 1. The molecule has 2 N–H and O–H groups in total. The predicted molar refractivity (Wildman–Crippen MR) is 97.1 cm³/mol. The van der Waals surface area contributed by atoms with E-state index in [0.29, 0.717) is 18.2 Å². The van der Waals surface area contributed by atoms with Crippen molar-refractivity contribution in [1.82, 2.24) is 14.7 Å². The maximum absolute atomic E-state index is 12.9. The number of ether oxygens (including phenoxy) is 1. The van der Waals surface area contributed by atoms with E-state index in [1.165, 1.54) is 0 Å². The smallest absolute Gasteiger partial charge is 0.274 e. The zero-order valence-electron chi connectivity index (χ0n) is 15.1. The van der Waals surface area contributed by atoms with Crippen LogP contribution in [0.5, 0.6) is 5.75 Å². The van der Waals surface area contributed by atoms with Crippen molar-refractivity contribution in [1.29, 1.82) is 0 Å². The molecule has 0 aliphatic carbocycles. The van der Waals surface area contributed by atoms with Gasteiger partial charge in [0.05, 0.1) is 7.11 Å². The van der Waals surface area contributed by atoms with E-state index >= 15 is 0 Å². The van der Waals surface area contributed by atoms with Crippen molar-refractivity contribution in [2.45, 2.75) is 32.7 Å². The molecule has 1 fully saturated rings. The maximum atomic E-state index is 12.9. The van der Waals surface area contributed by atoms with Crippen molar-refractivity contribution < 1.29 is 9.53 Å². The van der Waals surface area contributed by atoms with E-state index in [1.54, 1.807) is 24.1 Å². The van der Waals surface area contributed by atoms with Gasteiger partial charge in [-0.1, -0.05) is 13.0 Å². The van der Waals surface area contributed by atoms with Gasteiger partial charge in [-0.2, -0.15) is 5.10 Å². The Labute approximate surface area is 148 Å². The third-order valence-corrected chi connectivity index (χ3v) is 4.90. The van der Waals surface area contributed by atoms with Crippen LogP contribution in [0.3, 0.4) is 0 Å². The van der Waals surface area contributed by atoms with Gasteiger partial charge < -0.3 is 15.4 Å². The van der Waals surface area contributed by atoms with Crippen molar-refractivity contribution in [3.8, 4) is 11.4 Å². The Bertz CT molecular complexity index is 756. The Balaban J connectivity index is 1.86. The summed E-state index contributed by atoms with van der Waals surface area (Å²) < 4.78 is 7.11. The molecule has 0 spiro atoms. The van der Waals surface area contributed by atoms with E-state index in [4.69, 9.17) is 10.5 Å². The molecule has 0 saturated carbocycles. The molecule has 0 bridgehead atoms. The second kappa shape index (κ2) is 7.27. The van der Waals surface area contributed by atoms with Crippen molar-refractivity contribution >= 4 is 5.91 Å². The molecule has 1 aliphatic heterocycles. The summed E-state index contributed by atoms with van der Waals surface area (Å²) in [5, 5.41) is 4.50. The van der Waals surface area contributed by atoms with Crippen LogP contribution in [0, 0.1) is 12.8 Å². The zero-order chi connectivity index (χ0) is 18.0. The Morgan fingerprint density at radius 3 is 2.92 bits per heavy atom. The minimum Gasteiger partial charge on any atom is -0.494 e. The van der Waals surface area contributed by atoms with Crippen LogP contribution in [0.1, 0.15) is 35.8 Å². The average Bonchev–Trinajstić information content (AvgIpc) is 3.11. The van der Waals surface area contributed by atoms with Crippen LogP contribution in [0.25, 0.3) is 5.69 Å². The summed E-state index contributed by atoms with van der Waals surface area (Å²) in [5.74, 6) is 1.28. The minimum absolute atomic E-state index is 0.0484. The van der Waals surface area contributed by atoms with Gasteiger partial charge in [-0.15, -0.1) is 0 Å². The van der Waals surface area contributed by atoms with Gasteiger partial charge in [0.15, 0.2) is 5.69 Å². The Morgan fingerprint density at radius 1 is 1.40 bits per heavy atom. The molecule has 2 aromatic rings. The van der Waals surface area contributed by atoms with Crippen LogP contribution >= 0.6 is 0 Å². The molecule has 1 amide bonds. The molecular weight excluding hydrogens is 316 g/mol. The van der Waals surface area contributed by atoms with Gasteiger partial charge in [0.2, 0.25) is 0 Å². The standard InChI is InChI=1S/C19H26N4O2/c1-13-4-5-18(25-3)17(11-13)23-9-7-16(21-23)19(24)22-8-6-14(2)10-15(22)12-20/h4-5,7,9,11,14-15H,6,8,10,12,20H2,1-3H3. The highest BCUT2D eigenvalue weighted by atomic mass is 16.5. The molecule has 1 aromatic heterocycles. The van der Waals surface area contributed by atoms with Gasteiger partial charge in [-0.25, -0.2) is 4.68 Å². The molecule has 6 heteroatoms. The Hall–Kier alpha value is -2.34. The summed E-state index contributed by atoms with van der Waals surface area (Å²) >= 11 is 0. The van der Waals surface area contributed by atoms with E-state index < -0.39 is 0 Å². The second-order valence-corrected chi connectivity index (χ2v) is 6.84.